The molecule has 7 rings (SSSR count). The molecule has 9 atom stereocenters. The number of ketones is 1. The number of carbonyl (C=O) groups excluding carboxylic acids is 4. The molecule has 0 spiro atoms. The van der Waals surface area contributed by atoms with E-state index in [1.807, 2.05) is 77.1 Å². The van der Waals surface area contributed by atoms with Crippen LogP contribution in [0, 0.1) is 22.7 Å². The molecule has 2 saturated carbocycles. The van der Waals surface area contributed by atoms with Crippen LogP contribution in [0.1, 0.15) is 92.6 Å². The van der Waals surface area contributed by atoms with Gasteiger partial charge in [0.1, 0.15) is 17.8 Å². The van der Waals surface area contributed by atoms with Gasteiger partial charge in [0.2, 0.25) is 0 Å². The van der Waals surface area contributed by atoms with Gasteiger partial charge in [-0.2, -0.15) is 0 Å². The lowest BCUT2D eigenvalue weighted by Gasteiger charge is -2.64. The largest absolute Gasteiger partial charge is 0.458 e. The number of benzene rings is 3. The van der Waals surface area contributed by atoms with E-state index in [1.165, 1.54) is 0 Å². The maximum absolute atomic E-state index is 14.8. The van der Waals surface area contributed by atoms with E-state index in [0.717, 1.165) is 0 Å². The fourth-order valence-corrected chi connectivity index (χ4v) is 10.2. The molecule has 1 aliphatic heterocycles. The second-order valence-corrected chi connectivity index (χ2v) is 17.1. The van der Waals surface area contributed by atoms with E-state index in [9.17, 15) is 24.3 Å². The molecular formula is C47H55NO10. The predicted octanol–water partition coefficient (Wildman–Crippen LogP) is 6.60. The highest BCUT2D eigenvalue weighted by Crippen LogP contribution is 2.62. The van der Waals surface area contributed by atoms with E-state index in [-0.39, 0.29) is 38.4 Å². The first-order chi connectivity index (χ1) is 27.8. The summed E-state index contributed by atoms with van der Waals surface area (Å²) >= 11 is 0. The van der Waals surface area contributed by atoms with E-state index < -0.39 is 76.6 Å². The number of carbonyl (C=O) groups is 4. The number of hydrogen-bond donors (Lipinski definition) is 2. The van der Waals surface area contributed by atoms with Gasteiger partial charge in [-0.1, -0.05) is 87.5 Å². The van der Waals surface area contributed by atoms with Gasteiger partial charge in [-0.05, 0) is 79.3 Å². The molecule has 4 aliphatic rings. The van der Waals surface area contributed by atoms with Crippen LogP contribution in [0.25, 0.3) is 0 Å². The topological polar surface area (TPSA) is 147 Å². The van der Waals surface area contributed by atoms with Gasteiger partial charge in [-0.3, -0.25) is 9.59 Å². The summed E-state index contributed by atoms with van der Waals surface area (Å²) in [6.07, 6.45) is -2.07. The number of Topliss-reactive ketones (excluding diaryl/α,β-unsaturated/α-hetero) is 1. The molecule has 3 aliphatic carbocycles. The number of nitrogens with one attached hydrogen (secondary N) is 1. The zero-order chi connectivity index (χ0) is 41.2. The maximum Gasteiger partial charge on any atom is 0.338 e. The van der Waals surface area contributed by atoms with Crippen molar-refractivity contribution in [3.05, 3.63) is 119 Å². The van der Waals surface area contributed by atoms with Crippen molar-refractivity contribution in [3.63, 3.8) is 0 Å². The van der Waals surface area contributed by atoms with Gasteiger partial charge >= 0.3 is 11.9 Å². The summed E-state index contributed by atoms with van der Waals surface area (Å²) in [7, 11) is 0. The van der Waals surface area contributed by atoms with Gasteiger partial charge < -0.3 is 34.1 Å². The minimum absolute atomic E-state index is 0.0383. The van der Waals surface area contributed by atoms with Crippen molar-refractivity contribution in [1.82, 2.24) is 5.32 Å². The molecule has 1 saturated heterocycles. The number of rotatable bonds is 13. The summed E-state index contributed by atoms with van der Waals surface area (Å²) in [5.41, 5.74) is -0.332. The van der Waals surface area contributed by atoms with Gasteiger partial charge in [-0.25, -0.2) is 9.59 Å². The Morgan fingerprint density at radius 1 is 0.897 bits per heavy atom. The van der Waals surface area contributed by atoms with Gasteiger partial charge in [0.15, 0.2) is 11.9 Å². The molecule has 3 aromatic rings. The quantitative estimate of drug-likeness (QED) is 0.143. The van der Waals surface area contributed by atoms with E-state index in [4.69, 9.17) is 23.7 Å². The van der Waals surface area contributed by atoms with E-state index in [1.54, 1.807) is 48.5 Å². The summed E-state index contributed by atoms with van der Waals surface area (Å²) in [6, 6.07) is 25.6. The highest BCUT2D eigenvalue weighted by Gasteiger charge is 2.68. The van der Waals surface area contributed by atoms with Crippen molar-refractivity contribution < 1.29 is 48.0 Å². The van der Waals surface area contributed by atoms with Gasteiger partial charge in [0.25, 0.3) is 5.91 Å². The number of ether oxygens (including phenoxy) is 5. The zero-order valence-corrected chi connectivity index (χ0v) is 34.0. The van der Waals surface area contributed by atoms with Crippen LogP contribution in [0.5, 0.6) is 0 Å². The van der Waals surface area contributed by atoms with Crippen molar-refractivity contribution in [2.75, 3.05) is 26.4 Å². The first-order valence-corrected chi connectivity index (χ1v) is 20.4. The zero-order valence-electron chi connectivity index (χ0n) is 34.0. The average molecular weight is 794 g/mol. The molecule has 2 bridgehead atoms. The lowest BCUT2D eigenvalue weighted by atomic mass is 9.47. The third-order valence-electron chi connectivity index (χ3n) is 13.1. The summed E-state index contributed by atoms with van der Waals surface area (Å²) in [4.78, 5) is 57.2. The Bertz CT molecular complexity index is 2000. The number of aliphatic hydroxyl groups is 1. The molecule has 11 heteroatoms. The van der Waals surface area contributed by atoms with E-state index in [0.29, 0.717) is 47.3 Å². The number of hydrogen-bond acceptors (Lipinski definition) is 10. The predicted molar refractivity (Wildman–Crippen MR) is 215 cm³/mol. The van der Waals surface area contributed by atoms with Crippen LogP contribution < -0.4 is 5.32 Å². The van der Waals surface area contributed by atoms with Crippen LogP contribution in [0.3, 0.4) is 0 Å². The van der Waals surface area contributed by atoms with Gasteiger partial charge in [-0.15, -0.1) is 0 Å². The third kappa shape index (κ3) is 7.89. The minimum Gasteiger partial charge on any atom is -0.458 e. The van der Waals surface area contributed by atoms with Crippen molar-refractivity contribution in [2.24, 2.45) is 22.7 Å². The molecule has 3 aromatic carbocycles. The highest BCUT2D eigenvalue weighted by molar-refractivity contribution is 5.99. The van der Waals surface area contributed by atoms with Crippen molar-refractivity contribution in [1.29, 1.82) is 0 Å². The number of allylic oxidation sites excluding steroid dienone is 1. The van der Waals surface area contributed by atoms with Crippen molar-refractivity contribution >= 4 is 23.6 Å². The Morgan fingerprint density at radius 3 is 2.16 bits per heavy atom. The fourth-order valence-electron chi connectivity index (χ4n) is 10.2. The number of amides is 1. The lowest BCUT2D eigenvalue weighted by Crippen LogP contribution is -2.73. The molecule has 58 heavy (non-hydrogen) atoms. The molecule has 1 amide bonds. The first-order valence-electron chi connectivity index (χ1n) is 20.4. The average Bonchev–Trinajstić information content (AvgIpc) is 3.20. The Balaban J connectivity index is 1.28. The van der Waals surface area contributed by atoms with Crippen LogP contribution in [-0.2, 0) is 33.3 Å². The van der Waals surface area contributed by atoms with Crippen LogP contribution in [-0.4, -0.2) is 85.2 Å². The van der Waals surface area contributed by atoms with Crippen molar-refractivity contribution in [2.45, 2.75) is 96.4 Å². The lowest BCUT2D eigenvalue weighted by molar-refractivity contribution is -0.319. The molecule has 308 valence electrons. The Kier molecular flexibility index (Phi) is 12.1. The summed E-state index contributed by atoms with van der Waals surface area (Å²) in [5, 5.41) is 15.4. The molecule has 2 N–H and O–H groups in total. The Morgan fingerprint density at radius 2 is 1.53 bits per heavy atom. The van der Waals surface area contributed by atoms with E-state index >= 15 is 0 Å². The molecule has 11 nitrogen and oxygen atoms in total. The minimum atomic E-state index is -1.33. The van der Waals surface area contributed by atoms with Crippen LogP contribution in [0.15, 0.2) is 102 Å². The third-order valence-corrected chi connectivity index (χ3v) is 13.1. The maximum atomic E-state index is 14.8. The molecular weight excluding hydrogens is 739 g/mol. The highest BCUT2D eigenvalue weighted by atomic mass is 16.6. The Hall–Kier alpha value is -4.68. The van der Waals surface area contributed by atoms with Gasteiger partial charge in [0.05, 0.1) is 37.5 Å². The van der Waals surface area contributed by atoms with E-state index in [2.05, 4.69) is 5.32 Å². The van der Waals surface area contributed by atoms with Crippen LogP contribution in [0.2, 0.25) is 0 Å². The fraction of sp³-hybridized carbons (Fsp3) is 0.489. The molecule has 0 aromatic heterocycles. The van der Waals surface area contributed by atoms with Crippen LogP contribution >= 0.6 is 0 Å². The molecule has 1 heterocycles. The first kappa shape index (κ1) is 41.5. The summed E-state index contributed by atoms with van der Waals surface area (Å²) in [6.45, 7) is 10.4. The summed E-state index contributed by atoms with van der Waals surface area (Å²) < 4.78 is 30.8. The number of fused-ring (bicyclic) bond motifs is 5. The van der Waals surface area contributed by atoms with Gasteiger partial charge in [0, 0.05) is 36.0 Å². The molecule has 3 fully saturated rings. The van der Waals surface area contributed by atoms with Crippen LogP contribution in [0.4, 0.5) is 0 Å². The standard InChI is InChI=1S/C47H55NO10/c1-6-54-24-25-55-40(38(30-16-10-7-11-17-30)48-42(50)31-18-12-8-13-19-31)44(52)57-35-26-33-39(58-43(51)32-20-14-9-15-21-32)41-46(5,23-22-36-47(41,53)28-56-36)27-34(49)37(29(35)2)45(33,3)4/h7-21,33,35-36,38-41,53H,6,22-28H2,1-5H3,(H,48,50)/t33-,35-,36+,38-,39+,40+,41-,46-,47-/m0/s1. The SMILES string of the molecule is CCOCCO[C@@H](C(=O)O[C@H]1C[C@H]2[C@@H](OC(=O)c3ccccc3)[C@H]3[C@@](C)(CC[C@H]4OC[C@]43O)CC(=O)C(=C1C)C2(C)C)[C@@H](NC(=O)c1ccccc1)c1ccccc1. The molecule has 0 unspecified atom stereocenters. The second kappa shape index (κ2) is 16.9. The summed E-state index contributed by atoms with van der Waals surface area (Å²) in [5.74, 6) is -2.97. The Labute approximate surface area is 340 Å². The molecule has 0 radical (unpaired) electrons. The monoisotopic (exact) mass is 793 g/mol. The van der Waals surface area contributed by atoms with Crippen molar-refractivity contribution in [3.8, 4) is 0 Å². The second-order valence-electron chi connectivity index (χ2n) is 17.1. The smallest absolute Gasteiger partial charge is 0.338 e. The number of esters is 2. The normalized spacial score (nSPS) is 29.6.